The minimum Gasteiger partial charge on any atom is -0.392 e. The van der Waals surface area contributed by atoms with Crippen molar-refractivity contribution >= 4 is 45.1 Å². The molecule has 0 bridgehead atoms. The third-order valence-corrected chi connectivity index (χ3v) is 4.56. The highest BCUT2D eigenvalue weighted by atomic mass is 79.9. The Kier molecular flexibility index (Phi) is 10.4. The maximum absolute atomic E-state index is 8.68. The zero-order valence-corrected chi connectivity index (χ0v) is 20.1. The summed E-state index contributed by atoms with van der Waals surface area (Å²) >= 11 is 0. The Morgan fingerprint density at radius 2 is 1.57 bits per heavy atom. The van der Waals surface area contributed by atoms with Gasteiger partial charge in [0.2, 0.25) is 0 Å². The van der Waals surface area contributed by atoms with Crippen molar-refractivity contribution in [3.05, 3.63) is 82.9 Å². The average Bonchev–Trinajstić information content (AvgIpc) is 2.96. The van der Waals surface area contributed by atoms with Gasteiger partial charge < -0.3 is 15.3 Å². The van der Waals surface area contributed by atoms with Gasteiger partial charge in [-0.05, 0) is 54.4 Å². The number of hydrogen-bond donors (Lipinski definition) is 2. The molecule has 2 aromatic rings. The lowest BCUT2D eigenvalue weighted by Crippen LogP contribution is -2.22. The molecule has 0 saturated carbocycles. The van der Waals surface area contributed by atoms with Gasteiger partial charge in [0.15, 0.2) is 0 Å². The van der Waals surface area contributed by atoms with Crippen LogP contribution < -0.4 is 5.32 Å². The Balaban J connectivity index is 0.000000382. The van der Waals surface area contributed by atoms with E-state index in [1.54, 1.807) is 6.92 Å². The molecular weight excluding hydrogens is 480 g/mol. The Labute approximate surface area is 189 Å². The first kappa shape index (κ1) is 24.8. The van der Waals surface area contributed by atoms with Crippen molar-refractivity contribution in [2.45, 2.75) is 13.0 Å². The summed E-state index contributed by atoms with van der Waals surface area (Å²) in [5.74, 6) is 0. The number of rotatable bonds is 3. The largest absolute Gasteiger partial charge is 0.392 e. The van der Waals surface area contributed by atoms with E-state index in [9.17, 15) is 0 Å². The molecule has 4 rings (SSSR count). The molecule has 1 unspecified atom stereocenters. The maximum Gasteiger partial charge on any atom is 0.0638 e. The molecule has 2 aromatic carbocycles. The number of nitrogens with one attached hydrogen (secondary N) is 1. The summed E-state index contributed by atoms with van der Waals surface area (Å²) in [5.41, 5.74) is 8.34. The maximum atomic E-state index is 8.68. The molecule has 0 saturated heterocycles. The molecule has 1 atom stereocenters. The number of likely N-dealkylation sites (N-methyl/N-ethyl adjacent to an activating group) is 1. The van der Waals surface area contributed by atoms with Crippen LogP contribution in [0.5, 0.6) is 0 Å². The third-order valence-electron chi connectivity index (χ3n) is 4.56. The van der Waals surface area contributed by atoms with Gasteiger partial charge in [-0.2, -0.15) is 0 Å². The zero-order valence-electron chi connectivity index (χ0n) is 16.7. The van der Waals surface area contributed by atoms with Crippen LogP contribution in [0.25, 0.3) is 11.1 Å². The van der Waals surface area contributed by atoms with Crippen LogP contribution in [0.4, 0.5) is 0 Å². The van der Waals surface area contributed by atoms with Crippen LogP contribution in [0.15, 0.2) is 66.2 Å². The van der Waals surface area contributed by atoms with Crippen molar-refractivity contribution in [3.63, 3.8) is 0 Å². The molecule has 2 aliphatic rings. The minimum absolute atomic E-state index is 0. The molecule has 5 heteroatoms. The molecule has 1 heterocycles. The van der Waals surface area contributed by atoms with Gasteiger partial charge in [-0.15, -0.1) is 34.0 Å². The zero-order chi connectivity index (χ0) is 18.5. The molecular formula is C23H30Br2N2O. The van der Waals surface area contributed by atoms with Gasteiger partial charge in [-0.3, -0.25) is 0 Å². The van der Waals surface area contributed by atoms with Crippen LogP contribution in [-0.2, 0) is 0 Å². The van der Waals surface area contributed by atoms with Crippen molar-refractivity contribution in [1.82, 2.24) is 10.2 Å². The highest BCUT2D eigenvalue weighted by Crippen LogP contribution is 2.44. The van der Waals surface area contributed by atoms with Gasteiger partial charge in [-0.25, -0.2) is 0 Å². The Hall–Kier alpha value is -1.24. The van der Waals surface area contributed by atoms with Crippen molar-refractivity contribution in [1.29, 1.82) is 0 Å². The summed E-state index contributed by atoms with van der Waals surface area (Å²) in [5, 5.41) is 12.1. The number of aliphatic hydroxyl groups is 1. The molecule has 152 valence electrons. The lowest BCUT2D eigenvalue weighted by atomic mass is 9.97. The molecule has 2 N–H and O–H groups in total. The van der Waals surface area contributed by atoms with Crippen LogP contribution in [0.1, 0.15) is 23.6 Å². The summed E-state index contributed by atoms with van der Waals surface area (Å²) < 4.78 is 0. The predicted octanol–water partition coefficient (Wildman–Crippen LogP) is 4.57. The van der Waals surface area contributed by atoms with E-state index in [-0.39, 0.29) is 40.1 Å². The number of benzene rings is 2. The number of nitrogens with zero attached hydrogens (tertiary/aromatic N) is 1. The second kappa shape index (κ2) is 11.7. The molecule has 1 aliphatic carbocycles. The molecule has 1 aliphatic heterocycles. The van der Waals surface area contributed by atoms with Gasteiger partial charge >= 0.3 is 0 Å². The van der Waals surface area contributed by atoms with E-state index >= 15 is 0 Å². The standard InChI is InChI=1S/C18H15N.C5H13NO.2BrH/c1-2-6-13(7-3-1)18-16-9-5-4-8-14(16)15-10-11-19-12-17(15)18;1-5(7)4-6(2)3;;/h1-10,19H,11-12H2;5,7H,4H2,1-3H3;2*1H. The van der Waals surface area contributed by atoms with Crippen LogP contribution in [-0.4, -0.2) is 49.8 Å². The highest BCUT2D eigenvalue weighted by molar-refractivity contribution is 8.93. The van der Waals surface area contributed by atoms with Crippen LogP contribution in [0, 0.1) is 0 Å². The first-order chi connectivity index (χ1) is 12.6. The van der Waals surface area contributed by atoms with Gasteiger partial charge in [-0.1, -0.05) is 60.7 Å². The lowest BCUT2D eigenvalue weighted by molar-refractivity contribution is 0.154. The van der Waals surface area contributed by atoms with E-state index in [4.69, 9.17) is 5.11 Å². The summed E-state index contributed by atoms with van der Waals surface area (Å²) in [4.78, 5) is 1.95. The third kappa shape index (κ3) is 5.88. The summed E-state index contributed by atoms with van der Waals surface area (Å²) in [6.45, 7) is 4.46. The first-order valence-corrected chi connectivity index (χ1v) is 9.20. The second-order valence-corrected chi connectivity index (χ2v) is 7.13. The minimum atomic E-state index is -0.199. The molecule has 3 nitrogen and oxygen atoms in total. The number of fused-ring (bicyclic) bond motifs is 3. The van der Waals surface area contributed by atoms with E-state index in [1.165, 1.54) is 33.4 Å². The Morgan fingerprint density at radius 1 is 0.964 bits per heavy atom. The Morgan fingerprint density at radius 3 is 2.14 bits per heavy atom. The average molecular weight is 510 g/mol. The quantitative estimate of drug-likeness (QED) is 0.636. The number of aliphatic hydroxyl groups excluding tert-OH is 1. The van der Waals surface area contributed by atoms with Crippen molar-refractivity contribution in [3.8, 4) is 0 Å². The second-order valence-electron chi connectivity index (χ2n) is 7.13. The van der Waals surface area contributed by atoms with E-state index in [2.05, 4.69) is 66.0 Å². The van der Waals surface area contributed by atoms with Gasteiger partial charge in [0.1, 0.15) is 0 Å². The molecule has 0 radical (unpaired) electrons. The van der Waals surface area contributed by atoms with Crippen LogP contribution >= 0.6 is 34.0 Å². The topological polar surface area (TPSA) is 35.5 Å². The number of halogens is 2. The first-order valence-electron chi connectivity index (χ1n) is 9.20. The van der Waals surface area contributed by atoms with E-state index in [0.717, 1.165) is 19.6 Å². The van der Waals surface area contributed by atoms with Crippen molar-refractivity contribution < 1.29 is 5.11 Å². The molecule has 28 heavy (non-hydrogen) atoms. The smallest absolute Gasteiger partial charge is 0.0638 e. The van der Waals surface area contributed by atoms with Gasteiger partial charge in [0, 0.05) is 19.6 Å². The van der Waals surface area contributed by atoms with Crippen molar-refractivity contribution in [2.75, 3.05) is 33.7 Å². The monoisotopic (exact) mass is 508 g/mol. The summed E-state index contributed by atoms with van der Waals surface area (Å²) in [7, 11) is 3.87. The fourth-order valence-corrected chi connectivity index (χ4v) is 3.65. The summed E-state index contributed by atoms with van der Waals surface area (Å²) in [6, 6.07) is 19.5. The SMILES string of the molecule is Br.Br.C1=C2C(=C(c3ccccc3)c3ccccc32)CNC1.CC(O)CN(C)C. The fraction of sp³-hybridized carbons (Fsp3) is 0.304. The van der Waals surface area contributed by atoms with Gasteiger partial charge in [0.05, 0.1) is 6.10 Å². The van der Waals surface area contributed by atoms with Crippen LogP contribution in [0.2, 0.25) is 0 Å². The summed E-state index contributed by atoms with van der Waals surface area (Å²) in [6.07, 6.45) is 2.11. The van der Waals surface area contributed by atoms with Gasteiger partial charge in [0.25, 0.3) is 0 Å². The highest BCUT2D eigenvalue weighted by Gasteiger charge is 2.27. The van der Waals surface area contributed by atoms with E-state index in [1.807, 2.05) is 19.0 Å². The molecule has 0 spiro atoms. The van der Waals surface area contributed by atoms with Crippen LogP contribution in [0.3, 0.4) is 0 Å². The molecule has 0 aromatic heterocycles. The van der Waals surface area contributed by atoms with E-state index < -0.39 is 0 Å². The molecule has 0 fully saturated rings. The number of hydrogen-bond acceptors (Lipinski definition) is 3. The lowest BCUT2D eigenvalue weighted by Gasteiger charge is -2.15. The van der Waals surface area contributed by atoms with E-state index in [0.29, 0.717) is 0 Å². The molecule has 0 amide bonds. The Bertz CT molecular complexity index is 808. The van der Waals surface area contributed by atoms with Crippen molar-refractivity contribution in [2.24, 2.45) is 0 Å². The predicted molar refractivity (Wildman–Crippen MR) is 131 cm³/mol. The normalized spacial score (nSPS) is 15.2. The fourth-order valence-electron chi connectivity index (χ4n) is 3.65.